The summed E-state index contributed by atoms with van der Waals surface area (Å²) in [5.41, 5.74) is 2.63. The summed E-state index contributed by atoms with van der Waals surface area (Å²) in [6.45, 7) is 0. The van der Waals surface area contributed by atoms with E-state index in [0.29, 0.717) is 24.0 Å². The molecule has 0 bridgehead atoms. The highest BCUT2D eigenvalue weighted by molar-refractivity contribution is 5.84. The Kier molecular flexibility index (Phi) is 3.31. The van der Waals surface area contributed by atoms with Crippen LogP contribution < -0.4 is 0 Å². The van der Waals surface area contributed by atoms with Crippen LogP contribution in [-0.4, -0.2) is 5.78 Å². The molecule has 0 amide bonds. The second-order valence-electron chi connectivity index (χ2n) is 5.61. The van der Waals surface area contributed by atoms with E-state index < -0.39 is 0 Å². The molecule has 1 unspecified atom stereocenters. The maximum atomic E-state index is 12.3. The maximum absolute atomic E-state index is 12.3. The largest absolute Gasteiger partial charge is 0.299 e. The number of carbonyl (C=O) groups excluding carboxylic acids is 1. The molecule has 1 atom stereocenters. The Labute approximate surface area is 109 Å². The summed E-state index contributed by atoms with van der Waals surface area (Å²) in [6, 6.07) is 0. The summed E-state index contributed by atoms with van der Waals surface area (Å²) >= 11 is 0. The molecule has 1 nitrogen and oxygen atoms in total. The molecule has 3 rings (SSSR count). The summed E-state index contributed by atoms with van der Waals surface area (Å²) < 4.78 is 0. The highest BCUT2D eigenvalue weighted by Crippen LogP contribution is 2.35. The molecule has 0 aromatic carbocycles. The van der Waals surface area contributed by atoms with Gasteiger partial charge in [-0.1, -0.05) is 61.3 Å². The number of fused-ring (bicyclic) bond motifs is 1. The van der Waals surface area contributed by atoms with Crippen molar-refractivity contribution >= 4 is 5.78 Å². The van der Waals surface area contributed by atoms with Gasteiger partial charge in [-0.2, -0.15) is 0 Å². The fourth-order valence-electron chi connectivity index (χ4n) is 3.30. The van der Waals surface area contributed by atoms with Crippen LogP contribution in [-0.2, 0) is 4.79 Å². The predicted octanol–water partition coefficient (Wildman–Crippen LogP) is 4.13. The third-order valence-electron chi connectivity index (χ3n) is 4.39. The van der Waals surface area contributed by atoms with Gasteiger partial charge in [0, 0.05) is 18.3 Å². The summed E-state index contributed by atoms with van der Waals surface area (Å²) in [7, 11) is 0. The monoisotopic (exact) mass is 240 g/mol. The van der Waals surface area contributed by atoms with Crippen LogP contribution in [0.1, 0.15) is 38.5 Å². The molecule has 3 aliphatic carbocycles. The van der Waals surface area contributed by atoms with E-state index in [0.717, 1.165) is 12.8 Å². The van der Waals surface area contributed by atoms with Gasteiger partial charge < -0.3 is 0 Å². The Hall–Kier alpha value is -1.37. The Balaban J connectivity index is 1.62. The van der Waals surface area contributed by atoms with Crippen molar-refractivity contribution in [3.8, 4) is 0 Å². The van der Waals surface area contributed by atoms with E-state index >= 15 is 0 Å². The fraction of sp³-hybridized carbons (Fsp3) is 0.471. The van der Waals surface area contributed by atoms with E-state index in [1.807, 2.05) is 0 Å². The number of allylic oxidation sites excluding steroid dienone is 8. The van der Waals surface area contributed by atoms with Crippen molar-refractivity contribution < 1.29 is 4.79 Å². The molecule has 94 valence electrons. The smallest absolute Gasteiger partial charge is 0.140 e. The Bertz CT molecular complexity index is 456. The molecule has 0 aromatic heterocycles. The van der Waals surface area contributed by atoms with Crippen molar-refractivity contribution in [2.45, 2.75) is 38.5 Å². The van der Waals surface area contributed by atoms with Crippen LogP contribution in [0, 0.1) is 11.8 Å². The van der Waals surface area contributed by atoms with Gasteiger partial charge in [0.1, 0.15) is 5.78 Å². The maximum Gasteiger partial charge on any atom is 0.140 e. The minimum atomic E-state index is 0.340. The van der Waals surface area contributed by atoms with E-state index in [1.54, 1.807) is 0 Å². The topological polar surface area (TPSA) is 17.1 Å². The lowest BCUT2D eigenvalue weighted by Gasteiger charge is -2.22. The number of rotatable bonds is 3. The first-order chi connectivity index (χ1) is 8.84. The van der Waals surface area contributed by atoms with Gasteiger partial charge in [0.15, 0.2) is 0 Å². The van der Waals surface area contributed by atoms with Crippen molar-refractivity contribution in [1.82, 2.24) is 0 Å². The zero-order chi connectivity index (χ0) is 12.4. The molecule has 3 aliphatic rings. The normalized spacial score (nSPS) is 26.8. The Morgan fingerprint density at radius 1 is 1.11 bits per heavy atom. The minimum Gasteiger partial charge on any atom is -0.299 e. The summed E-state index contributed by atoms with van der Waals surface area (Å²) in [6.07, 6.45) is 19.5. The van der Waals surface area contributed by atoms with Crippen LogP contribution in [0.4, 0.5) is 0 Å². The molecule has 0 saturated heterocycles. The first-order valence-corrected chi connectivity index (χ1v) is 7.13. The van der Waals surface area contributed by atoms with Crippen LogP contribution in [0.15, 0.2) is 47.6 Å². The highest BCUT2D eigenvalue weighted by Gasteiger charge is 2.26. The van der Waals surface area contributed by atoms with Gasteiger partial charge in [-0.15, -0.1) is 0 Å². The van der Waals surface area contributed by atoms with Crippen molar-refractivity contribution in [3.05, 3.63) is 47.6 Å². The first kappa shape index (κ1) is 11.7. The minimum absolute atomic E-state index is 0.340. The highest BCUT2D eigenvalue weighted by atomic mass is 16.1. The van der Waals surface area contributed by atoms with E-state index in [2.05, 4.69) is 36.5 Å². The SMILES string of the molecule is O=C(CC1=CC=C2C=CC=CC21)C1CCCCC1. The van der Waals surface area contributed by atoms with Crippen LogP contribution in [0.25, 0.3) is 0 Å². The molecule has 0 radical (unpaired) electrons. The molecule has 0 spiro atoms. The van der Waals surface area contributed by atoms with Gasteiger partial charge in [-0.25, -0.2) is 0 Å². The number of Topliss-reactive ketones (excluding diaryl/α,β-unsaturated/α-hetero) is 1. The van der Waals surface area contributed by atoms with Crippen molar-refractivity contribution in [3.63, 3.8) is 0 Å². The second kappa shape index (κ2) is 5.09. The van der Waals surface area contributed by atoms with Gasteiger partial charge in [-0.05, 0) is 18.4 Å². The summed E-state index contributed by atoms with van der Waals surface area (Å²) in [5.74, 6) is 1.19. The zero-order valence-corrected chi connectivity index (χ0v) is 10.8. The quantitative estimate of drug-likeness (QED) is 0.724. The van der Waals surface area contributed by atoms with Crippen molar-refractivity contribution in [2.24, 2.45) is 11.8 Å². The van der Waals surface area contributed by atoms with Crippen LogP contribution in [0.2, 0.25) is 0 Å². The third kappa shape index (κ3) is 2.27. The third-order valence-corrected chi connectivity index (χ3v) is 4.39. The van der Waals surface area contributed by atoms with Crippen LogP contribution >= 0.6 is 0 Å². The molecular formula is C17H20O. The molecule has 0 aromatic rings. The number of ketones is 1. The second-order valence-corrected chi connectivity index (χ2v) is 5.61. The molecule has 1 saturated carbocycles. The predicted molar refractivity (Wildman–Crippen MR) is 74.1 cm³/mol. The van der Waals surface area contributed by atoms with Gasteiger partial charge in [0.05, 0.1) is 0 Å². The fourth-order valence-corrected chi connectivity index (χ4v) is 3.30. The van der Waals surface area contributed by atoms with E-state index in [-0.39, 0.29) is 0 Å². The summed E-state index contributed by atoms with van der Waals surface area (Å²) in [4.78, 5) is 12.3. The molecular weight excluding hydrogens is 220 g/mol. The zero-order valence-electron chi connectivity index (χ0n) is 10.8. The Morgan fingerprint density at radius 3 is 2.78 bits per heavy atom. The standard InChI is InChI=1S/C17H20O/c18-17(14-7-2-1-3-8-14)12-15-11-10-13-6-4-5-9-16(13)15/h4-6,9-11,14,16H,1-3,7-8,12H2. The molecule has 1 heteroatoms. The lowest BCUT2D eigenvalue weighted by molar-refractivity contribution is -0.123. The van der Waals surface area contributed by atoms with Gasteiger partial charge in [0.2, 0.25) is 0 Å². The average Bonchev–Trinajstić information content (AvgIpc) is 2.83. The average molecular weight is 240 g/mol. The first-order valence-electron chi connectivity index (χ1n) is 7.13. The van der Waals surface area contributed by atoms with Crippen molar-refractivity contribution in [1.29, 1.82) is 0 Å². The number of hydrogen-bond donors (Lipinski definition) is 0. The lowest BCUT2D eigenvalue weighted by Crippen LogP contribution is -2.19. The van der Waals surface area contributed by atoms with Crippen molar-refractivity contribution in [2.75, 3.05) is 0 Å². The van der Waals surface area contributed by atoms with E-state index in [1.165, 1.54) is 30.4 Å². The molecule has 1 fully saturated rings. The number of carbonyl (C=O) groups is 1. The molecule has 18 heavy (non-hydrogen) atoms. The van der Waals surface area contributed by atoms with Gasteiger partial charge in [0.25, 0.3) is 0 Å². The Morgan fingerprint density at radius 2 is 1.94 bits per heavy atom. The molecule has 0 aliphatic heterocycles. The van der Waals surface area contributed by atoms with Gasteiger partial charge >= 0.3 is 0 Å². The van der Waals surface area contributed by atoms with E-state index in [9.17, 15) is 4.79 Å². The van der Waals surface area contributed by atoms with Crippen LogP contribution in [0.5, 0.6) is 0 Å². The lowest BCUT2D eigenvalue weighted by atomic mass is 9.82. The van der Waals surface area contributed by atoms with E-state index in [4.69, 9.17) is 0 Å². The summed E-state index contributed by atoms with van der Waals surface area (Å²) in [5, 5.41) is 0. The van der Waals surface area contributed by atoms with Gasteiger partial charge in [-0.3, -0.25) is 4.79 Å². The molecule has 0 heterocycles. The number of hydrogen-bond acceptors (Lipinski definition) is 1. The molecule has 0 N–H and O–H groups in total. The van der Waals surface area contributed by atoms with Crippen LogP contribution in [0.3, 0.4) is 0 Å².